The van der Waals surface area contributed by atoms with Crippen LogP contribution < -0.4 is 26.2 Å². The zero-order valence-corrected chi connectivity index (χ0v) is 35.4. The van der Waals surface area contributed by atoms with Gasteiger partial charge in [-0.25, -0.2) is 4.98 Å². The molecule has 8 heteroatoms. The van der Waals surface area contributed by atoms with Gasteiger partial charge in [0.15, 0.2) is 0 Å². The summed E-state index contributed by atoms with van der Waals surface area (Å²) in [6.07, 6.45) is 1.86. The molecule has 2 aliphatic heterocycles. The molecule has 10 aromatic rings. The molecule has 0 saturated heterocycles. The van der Waals surface area contributed by atoms with Gasteiger partial charge in [-0.1, -0.05) is 110 Å². The second kappa shape index (κ2) is 13.7. The van der Waals surface area contributed by atoms with Gasteiger partial charge in [0.1, 0.15) is 17.3 Å². The third-order valence-corrected chi connectivity index (χ3v) is 11.9. The first kappa shape index (κ1) is 36.4. The third kappa shape index (κ3) is 5.45. The molecule has 12 rings (SSSR count). The largest absolute Gasteiger partial charge is 2.00 e. The smallest absolute Gasteiger partial charge is 0.481 e. The quantitative estimate of drug-likeness (QED) is 0.130. The van der Waals surface area contributed by atoms with Crippen LogP contribution in [0.4, 0.5) is 34.1 Å². The number of hydrogen-bond acceptors (Lipinski definition) is 5. The van der Waals surface area contributed by atoms with Crippen molar-refractivity contribution >= 4 is 90.1 Å². The van der Waals surface area contributed by atoms with Crippen LogP contribution in [0.25, 0.3) is 50.2 Å². The van der Waals surface area contributed by atoms with Gasteiger partial charge in [0, 0.05) is 34.5 Å². The van der Waals surface area contributed by atoms with Crippen molar-refractivity contribution in [1.82, 2.24) is 14.5 Å². The van der Waals surface area contributed by atoms with Crippen molar-refractivity contribution in [3.05, 3.63) is 182 Å². The van der Waals surface area contributed by atoms with Gasteiger partial charge < -0.3 is 18.8 Å². The van der Waals surface area contributed by atoms with Crippen LogP contribution in [0.3, 0.4) is 0 Å². The maximum absolute atomic E-state index is 6.40. The van der Waals surface area contributed by atoms with Crippen LogP contribution in [0.2, 0.25) is 0 Å². The molecular weight excluding hydrogens is 916 g/mol. The van der Waals surface area contributed by atoms with E-state index in [1.54, 1.807) is 0 Å². The molecular formula is C52H36BN5OPt. The number of pyridine rings is 1. The summed E-state index contributed by atoms with van der Waals surface area (Å²) in [6, 6.07) is 63.7. The van der Waals surface area contributed by atoms with Crippen molar-refractivity contribution in [3.8, 4) is 17.3 Å². The molecule has 2 aliphatic rings. The van der Waals surface area contributed by atoms with E-state index >= 15 is 0 Å². The fourth-order valence-electron chi connectivity index (χ4n) is 9.22. The predicted molar refractivity (Wildman–Crippen MR) is 242 cm³/mol. The van der Waals surface area contributed by atoms with Crippen LogP contribution in [-0.2, 0) is 26.5 Å². The molecule has 0 spiro atoms. The SMILES string of the molecule is CC(C)(C)c1cc2c3c(c1)N(c1ccccc1)c1cc4c5ccccc5n(-c5ccccn5)c4[c-]c1B3c1[c-]c(-c3nc4ccccc4o3)ccc1N2c1ccccc1.[Pt+2]. The minimum atomic E-state index is -0.233. The minimum Gasteiger partial charge on any atom is -0.481 e. The number of para-hydroxylation sites is 5. The summed E-state index contributed by atoms with van der Waals surface area (Å²) in [7, 11) is 0. The minimum absolute atomic E-state index is 0. The van der Waals surface area contributed by atoms with Crippen molar-refractivity contribution < 1.29 is 25.5 Å². The van der Waals surface area contributed by atoms with Gasteiger partial charge in [-0.15, -0.1) is 35.1 Å². The second-order valence-electron chi connectivity index (χ2n) is 16.5. The fraction of sp³-hybridized carbons (Fsp3) is 0.0769. The number of benzene rings is 7. The van der Waals surface area contributed by atoms with Gasteiger partial charge in [-0.3, -0.25) is 4.98 Å². The summed E-state index contributed by atoms with van der Waals surface area (Å²) in [5.41, 5.74) is 15.5. The van der Waals surface area contributed by atoms with E-state index in [0.29, 0.717) is 5.89 Å². The molecule has 0 bridgehead atoms. The summed E-state index contributed by atoms with van der Waals surface area (Å²) in [5.74, 6) is 1.40. The summed E-state index contributed by atoms with van der Waals surface area (Å²) in [4.78, 5) is 14.7. The van der Waals surface area contributed by atoms with Gasteiger partial charge >= 0.3 is 21.1 Å². The molecule has 0 saturated carbocycles. The molecule has 7 aromatic carbocycles. The maximum Gasteiger partial charge on any atom is 2.00 e. The van der Waals surface area contributed by atoms with E-state index in [9.17, 15) is 0 Å². The summed E-state index contributed by atoms with van der Waals surface area (Å²) in [5, 5.41) is 2.27. The van der Waals surface area contributed by atoms with E-state index in [0.717, 1.165) is 89.3 Å². The van der Waals surface area contributed by atoms with Crippen LogP contribution in [0.1, 0.15) is 26.3 Å². The normalized spacial score (nSPS) is 13.0. The van der Waals surface area contributed by atoms with E-state index in [-0.39, 0.29) is 33.2 Å². The Kier molecular flexibility index (Phi) is 8.30. The zero-order valence-electron chi connectivity index (χ0n) is 33.1. The number of hydrogen-bond donors (Lipinski definition) is 0. The van der Waals surface area contributed by atoms with Crippen molar-refractivity contribution in [1.29, 1.82) is 0 Å². The Bertz CT molecular complexity index is 3250. The summed E-state index contributed by atoms with van der Waals surface area (Å²) in [6.45, 7) is 6.67. The van der Waals surface area contributed by atoms with Crippen molar-refractivity contribution in [3.63, 3.8) is 0 Å². The standard InChI is InChI=1S/C52H36BN5O.Pt/c1-52(2,3)34-29-46-50-47(30-34)57(36-18-8-5-9-19-36)45-31-38-37-20-10-12-22-42(37)58(49-24-14-15-27-54-49)44(38)32-40(45)53(50)39-28-33(51-55-41-21-11-13-23-48(41)59-51)25-26-43(39)56(46)35-16-6-4-7-17-35;/h4-27,29-31H,1-3H3;/q-2;+2. The van der Waals surface area contributed by atoms with Crippen molar-refractivity contribution in [2.24, 2.45) is 0 Å². The topological polar surface area (TPSA) is 50.3 Å². The molecule has 0 radical (unpaired) electrons. The Hall–Kier alpha value is -6.69. The third-order valence-electron chi connectivity index (χ3n) is 11.9. The molecule has 6 nitrogen and oxygen atoms in total. The van der Waals surface area contributed by atoms with E-state index < -0.39 is 0 Å². The molecule has 5 heterocycles. The van der Waals surface area contributed by atoms with Crippen molar-refractivity contribution in [2.75, 3.05) is 9.80 Å². The molecule has 0 unspecified atom stereocenters. The fourth-order valence-corrected chi connectivity index (χ4v) is 9.22. The van der Waals surface area contributed by atoms with E-state index in [1.807, 2.05) is 42.6 Å². The van der Waals surface area contributed by atoms with E-state index in [4.69, 9.17) is 14.4 Å². The Morgan fingerprint density at radius 1 is 0.600 bits per heavy atom. The number of rotatable bonds is 4. The molecule has 60 heavy (non-hydrogen) atoms. The molecule has 3 aromatic heterocycles. The number of nitrogens with zero attached hydrogens (tertiary/aromatic N) is 5. The molecule has 0 fully saturated rings. The summed E-state index contributed by atoms with van der Waals surface area (Å²) >= 11 is 0. The van der Waals surface area contributed by atoms with E-state index in [1.165, 1.54) is 11.0 Å². The number of oxazole rings is 1. The van der Waals surface area contributed by atoms with Crippen LogP contribution >= 0.6 is 0 Å². The van der Waals surface area contributed by atoms with Gasteiger partial charge in [0.05, 0.1) is 5.52 Å². The number of fused-ring (bicyclic) bond motifs is 8. The van der Waals surface area contributed by atoms with Gasteiger partial charge in [0.2, 0.25) is 6.71 Å². The Balaban J connectivity index is 0.00000408. The van der Waals surface area contributed by atoms with Gasteiger partial charge in [-0.2, -0.15) is 11.5 Å². The van der Waals surface area contributed by atoms with Crippen LogP contribution in [-0.4, -0.2) is 21.2 Å². The zero-order chi connectivity index (χ0) is 39.4. The Morgan fingerprint density at radius 2 is 1.25 bits per heavy atom. The molecule has 0 amide bonds. The maximum atomic E-state index is 6.40. The monoisotopic (exact) mass is 952 g/mol. The predicted octanol–water partition coefficient (Wildman–Crippen LogP) is 11.0. The molecule has 288 valence electrons. The summed E-state index contributed by atoms with van der Waals surface area (Å²) < 4.78 is 8.66. The Morgan fingerprint density at radius 3 is 1.95 bits per heavy atom. The Labute approximate surface area is 363 Å². The first-order chi connectivity index (χ1) is 28.9. The average molecular weight is 953 g/mol. The molecule has 0 aliphatic carbocycles. The van der Waals surface area contributed by atoms with Crippen LogP contribution in [0.15, 0.2) is 168 Å². The number of aromatic nitrogens is 3. The molecule has 0 N–H and O–H groups in total. The van der Waals surface area contributed by atoms with Crippen LogP contribution in [0, 0.1) is 12.1 Å². The molecule has 0 atom stereocenters. The first-order valence-corrected chi connectivity index (χ1v) is 20.1. The second-order valence-corrected chi connectivity index (χ2v) is 16.5. The number of anilines is 6. The average Bonchev–Trinajstić information content (AvgIpc) is 3.85. The first-order valence-electron chi connectivity index (χ1n) is 20.1. The van der Waals surface area contributed by atoms with Gasteiger partial charge in [-0.05, 0) is 94.2 Å². The van der Waals surface area contributed by atoms with E-state index in [2.05, 4.69) is 169 Å². The van der Waals surface area contributed by atoms with Crippen LogP contribution in [0.5, 0.6) is 0 Å². The van der Waals surface area contributed by atoms with Gasteiger partial charge in [0.25, 0.3) is 0 Å². The van der Waals surface area contributed by atoms with Crippen molar-refractivity contribution in [2.45, 2.75) is 26.2 Å².